The average Bonchev–Trinajstić information content (AvgIpc) is 3.16. The molecule has 4 rings (SSSR count). The zero-order valence-corrected chi connectivity index (χ0v) is 18.3. The van der Waals surface area contributed by atoms with Crippen molar-refractivity contribution in [3.63, 3.8) is 0 Å². The first-order valence-corrected chi connectivity index (χ1v) is 11.6. The highest BCUT2D eigenvalue weighted by atomic mass is 32.2. The van der Waals surface area contributed by atoms with Crippen LogP contribution in [-0.4, -0.2) is 21.1 Å². The van der Waals surface area contributed by atoms with Crippen LogP contribution < -0.4 is 4.74 Å². The van der Waals surface area contributed by atoms with Gasteiger partial charge in [0.15, 0.2) is 0 Å². The van der Waals surface area contributed by atoms with E-state index in [2.05, 4.69) is 38.1 Å². The lowest BCUT2D eigenvalue weighted by Gasteiger charge is -2.15. The van der Waals surface area contributed by atoms with Gasteiger partial charge in [0.25, 0.3) is 10.1 Å². The Bertz CT molecular complexity index is 1130. The molecule has 0 aliphatic carbocycles. The number of hydrogen-bond donors (Lipinski definition) is 0. The molecule has 1 heterocycles. The third-order valence-corrected chi connectivity index (χ3v) is 6.69. The van der Waals surface area contributed by atoms with E-state index in [4.69, 9.17) is 8.92 Å². The van der Waals surface area contributed by atoms with Gasteiger partial charge in [0.05, 0.1) is 4.90 Å². The number of fused-ring (bicyclic) bond motifs is 1. The molecule has 1 unspecified atom stereocenters. The Balaban J connectivity index is 1.56. The lowest BCUT2D eigenvalue weighted by atomic mass is 9.93. The van der Waals surface area contributed by atoms with E-state index < -0.39 is 10.1 Å². The van der Waals surface area contributed by atoms with Crippen LogP contribution in [0.4, 0.5) is 0 Å². The number of hydrogen-bond acceptors (Lipinski definition) is 4. The van der Waals surface area contributed by atoms with Crippen molar-refractivity contribution in [1.29, 1.82) is 0 Å². The van der Waals surface area contributed by atoms with E-state index >= 15 is 0 Å². The fourth-order valence-corrected chi connectivity index (χ4v) is 4.59. The minimum Gasteiger partial charge on any atom is -0.487 e. The first-order chi connectivity index (χ1) is 14.3. The molecule has 0 bridgehead atoms. The summed E-state index contributed by atoms with van der Waals surface area (Å²) in [5.74, 6) is 1.21. The lowest BCUT2D eigenvalue weighted by molar-refractivity contribution is 0.152. The van der Waals surface area contributed by atoms with Gasteiger partial charge in [0.2, 0.25) is 0 Å². The number of rotatable bonds is 6. The maximum absolute atomic E-state index is 12.5. The highest BCUT2D eigenvalue weighted by Gasteiger charge is 2.29. The van der Waals surface area contributed by atoms with E-state index in [0.29, 0.717) is 12.3 Å². The Morgan fingerprint density at radius 1 is 1.03 bits per heavy atom. The molecule has 1 aliphatic heterocycles. The molecule has 1 atom stereocenters. The molecule has 0 aromatic heterocycles. The van der Waals surface area contributed by atoms with Crippen LogP contribution in [0.15, 0.2) is 71.6 Å². The SMILES string of the molecule is Cc1ccc(S(=O)(=O)OCC2Cc3cc(C(C)C)cc(-c4ccccc4)c3O2)cc1. The number of benzene rings is 3. The van der Waals surface area contributed by atoms with Crippen LogP contribution in [0.25, 0.3) is 11.1 Å². The van der Waals surface area contributed by atoms with Gasteiger partial charge in [-0.2, -0.15) is 8.42 Å². The summed E-state index contributed by atoms with van der Waals surface area (Å²) in [6.07, 6.45) is 0.282. The largest absolute Gasteiger partial charge is 0.487 e. The maximum atomic E-state index is 12.5. The Morgan fingerprint density at radius 3 is 2.40 bits per heavy atom. The van der Waals surface area contributed by atoms with Crippen LogP contribution in [0, 0.1) is 6.92 Å². The average molecular weight is 423 g/mol. The van der Waals surface area contributed by atoms with Crippen LogP contribution in [0.3, 0.4) is 0 Å². The quantitative estimate of drug-likeness (QED) is 0.493. The highest BCUT2D eigenvalue weighted by molar-refractivity contribution is 7.86. The van der Waals surface area contributed by atoms with Crippen LogP contribution in [-0.2, 0) is 20.7 Å². The standard InChI is InChI=1S/C25H26O4S/c1-17(2)20-13-21-14-22(16-28-30(26,27)23-11-9-18(3)10-12-23)29-25(21)24(15-20)19-7-5-4-6-8-19/h4-13,15,17,22H,14,16H2,1-3H3. The zero-order valence-electron chi connectivity index (χ0n) is 17.5. The van der Waals surface area contributed by atoms with Crippen LogP contribution >= 0.6 is 0 Å². The van der Waals surface area contributed by atoms with Gasteiger partial charge in [-0.3, -0.25) is 4.18 Å². The highest BCUT2D eigenvalue weighted by Crippen LogP contribution is 2.41. The predicted molar refractivity (Wildman–Crippen MR) is 118 cm³/mol. The third kappa shape index (κ3) is 4.27. The second kappa shape index (κ2) is 8.25. The summed E-state index contributed by atoms with van der Waals surface area (Å²) in [6.45, 7) is 6.23. The van der Waals surface area contributed by atoms with Crippen molar-refractivity contribution < 1.29 is 17.3 Å². The minimum absolute atomic E-state index is 0.0177. The predicted octanol–water partition coefficient (Wildman–Crippen LogP) is 5.49. The Kier molecular flexibility index (Phi) is 5.67. The lowest BCUT2D eigenvalue weighted by Crippen LogP contribution is -2.23. The van der Waals surface area contributed by atoms with Crippen molar-refractivity contribution in [1.82, 2.24) is 0 Å². The topological polar surface area (TPSA) is 52.6 Å². The second-order valence-electron chi connectivity index (χ2n) is 8.07. The fraction of sp³-hybridized carbons (Fsp3) is 0.280. The molecule has 30 heavy (non-hydrogen) atoms. The molecule has 4 nitrogen and oxygen atoms in total. The van der Waals surface area contributed by atoms with Crippen LogP contribution in [0.5, 0.6) is 5.75 Å². The van der Waals surface area contributed by atoms with E-state index in [1.54, 1.807) is 24.3 Å². The molecule has 3 aromatic rings. The summed E-state index contributed by atoms with van der Waals surface area (Å²) in [5.41, 5.74) is 5.47. The molecule has 0 saturated carbocycles. The normalized spacial score (nSPS) is 15.8. The molecule has 1 aliphatic rings. The number of ether oxygens (including phenoxy) is 1. The molecule has 0 fully saturated rings. The van der Waals surface area contributed by atoms with Gasteiger partial charge in [-0.05, 0) is 47.7 Å². The van der Waals surface area contributed by atoms with Crippen LogP contribution in [0.2, 0.25) is 0 Å². The van der Waals surface area contributed by atoms with Crippen molar-refractivity contribution in [2.45, 2.75) is 44.1 Å². The van der Waals surface area contributed by atoms with E-state index in [1.165, 1.54) is 5.56 Å². The zero-order chi connectivity index (χ0) is 21.3. The van der Waals surface area contributed by atoms with Gasteiger partial charge in [-0.15, -0.1) is 0 Å². The molecule has 0 N–H and O–H groups in total. The molecule has 5 heteroatoms. The van der Waals surface area contributed by atoms with Crippen molar-refractivity contribution in [2.75, 3.05) is 6.61 Å². The van der Waals surface area contributed by atoms with E-state index in [-0.39, 0.29) is 17.6 Å². The van der Waals surface area contributed by atoms with Crippen molar-refractivity contribution in [3.8, 4) is 16.9 Å². The summed E-state index contributed by atoms with van der Waals surface area (Å²) in [6, 6.07) is 21.1. The summed E-state index contributed by atoms with van der Waals surface area (Å²) < 4.78 is 36.6. The smallest absolute Gasteiger partial charge is 0.297 e. The van der Waals surface area contributed by atoms with Crippen LogP contribution in [0.1, 0.15) is 36.5 Å². The summed E-state index contributed by atoms with van der Waals surface area (Å²) in [4.78, 5) is 0.163. The minimum atomic E-state index is -3.82. The summed E-state index contributed by atoms with van der Waals surface area (Å²) in [5, 5.41) is 0. The molecule has 0 spiro atoms. The second-order valence-corrected chi connectivity index (χ2v) is 9.69. The first-order valence-electron chi connectivity index (χ1n) is 10.2. The first kappa shape index (κ1) is 20.6. The maximum Gasteiger partial charge on any atom is 0.297 e. The molecular weight excluding hydrogens is 396 g/mol. The van der Waals surface area contributed by atoms with Gasteiger partial charge in [0.1, 0.15) is 18.5 Å². The van der Waals surface area contributed by atoms with Gasteiger partial charge in [0, 0.05) is 12.0 Å². The summed E-state index contributed by atoms with van der Waals surface area (Å²) >= 11 is 0. The van der Waals surface area contributed by atoms with Crippen molar-refractivity contribution >= 4 is 10.1 Å². The monoisotopic (exact) mass is 422 g/mol. The van der Waals surface area contributed by atoms with E-state index in [1.807, 2.05) is 25.1 Å². The molecule has 0 radical (unpaired) electrons. The van der Waals surface area contributed by atoms with Gasteiger partial charge < -0.3 is 4.74 Å². The molecule has 156 valence electrons. The van der Waals surface area contributed by atoms with E-state index in [0.717, 1.165) is 28.0 Å². The van der Waals surface area contributed by atoms with Crippen molar-refractivity contribution in [2.24, 2.45) is 0 Å². The number of aryl methyl sites for hydroxylation is 1. The third-order valence-electron chi connectivity index (χ3n) is 5.39. The fourth-order valence-electron chi connectivity index (χ4n) is 3.65. The Hall–Kier alpha value is -2.63. The van der Waals surface area contributed by atoms with E-state index in [9.17, 15) is 8.42 Å². The van der Waals surface area contributed by atoms with Crippen molar-refractivity contribution in [3.05, 3.63) is 83.4 Å². The Labute approximate surface area is 178 Å². The van der Waals surface area contributed by atoms with Gasteiger partial charge in [-0.1, -0.05) is 67.9 Å². The molecule has 0 amide bonds. The van der Waals surface area contributed by atoms with Gasteiger partial charge >= 0.3 is 0 Å². The molecule has 3 aromatic carbocycles. The van der Waals surface area contributed by atoms with Gasteiger partial charge in [-0.25, -0.2) is 0 Å². The molecule has 0 saturated heterocycles. The summed E-state index contributed by atoms with van der Waals surface area (Å²) in [7, 11) is -3.82. The molecular formula is C25H26O4S. The Morgan fingerprint density at radius 2 is 1.73 bits per heavy atom.